The molecule has 2 aromatic heterocycles. The third kappa shape index (κ3) is 4.89. The molecule has 0 spiro atoms. The second-order valence-corrected chi connectivity index (χ2v) is 9.30. The Kier molecular flexibility index (Phi) is 6.59. The van der Waals surface area contributed by atoms with E-state index in [1.807, 2.05) is 12.1 Å². The highest BCUT2D eigenvalue weighted by Gasteiger charge is 2.20. The van der Waals surface area contributed by atoms with Gasteiger partial charge in [-0.15, -0.1) is 0 Å². The van der Waals surface area contributed by atoms with Crippen LogP contribution in [0.1, 0.15) is 42.5 Å². The molecule has 1 saturated heterocycles. The number of fused-ring (bicyclic) bond motifs is 1. The maximum Gasteiger partial charge on any atom is 0.259 e. The van der Waals surface area contributed by atoms with Crippen LogP contribution in [-0.4, -0.2) is 55.4 Å². The molecular formula is C24H28N4O4S. The number of nitrogens with zero attached hydrogens (tertiary/aromatic N) is 3. The Hall–Kier alpha value is -2.91. The van der Waals surface area contributed by atoms with Crippen LogP contribution in [0.25, 0.3) is 10.2 Å². The quantitative estimate of drug-likeness (QED) is 0.570. The Morgan fingerprint density at radius 1 is 1.15 bits per heavy atom. The largest absolute Gasteiger partial charge is 0.494 e. The molecule has 1 N–H and O–H groups in total. The third-order valence-corrected chi connectivity index (χ3v) is 7.11. The Labute approximate surface area is 196 Å². The molecule has 1 aliphatic carbocycles. The topological polar surface area (TPSA) is 85.8 Å². The van der Waals surface area contributed by atoms with Crippen molar-refractivity contribution in [1.82, 2.24) is 9.97 Å². The Morgan fingerprint density at radius 3 is 2.70 bits per heavy atom. The number of methoxy groups -OCH3 is 1. The highest BCUT2D eigenvalue weighted by molar-refractivity contribution is 7.23. The van der Waals surface area contributed by atoms with Crippen LogP contribution in [0.15, 0.2) is 30.5 Å². The molecule has 8 nitrogen and oxygen atoms in total. The molecule has 1 saturated carbocycles. The standard InChI is InChI=1S/C24H28N4O4S/c1-30-19-9-8-18(28-11-13-31-14-12-28)22-21(19)26-24(33-22)27-23(29)16-7-10-20(25-15-16)32-17-5-3-2-4-6-17/h7-10,15,17H,2-6,11-14H2,1H3,(H,26,27,29). The lowest BCUT2D eigenvalue weighted by Crippen LogP contribution is -2.36. The summed E-state index contributed by atoms with van der Waals surface area (Å²) in [5.74, 6) is 1.00. The summed E-state index contributed by atoms with van der Waals surface area (Å²) in [6.07, 6.45) is 7.59. The first-order valence-electron chi connectivity index (χ1n) is 11.5. The fourth-order valence-electron chi connectivity index (χ4n) is 4.35. The van der Waals surface area contributed by atoms with Gasteiger partial charge < -0.3 is 19.1 Å². The van der Waals surface area contributed by atoms with E-state index in [1.165, 1.54) is 30.6 Å². The van der Waals surface area contributed by atoms with Crippen molar-refractivity contribution in [2.24, 2.45) is 0 Å². The van der Waals surface area contributed by atoms with E-state index in [0.717, 1.165) is 41.8 Å². The molecule has 0 unspecified atom stereocenters. The van der Waals surface area contributed by atoms with Crippen LogP contribution in [0.5, 0.6) is 11.6 Å². The first kappa shape index (κ1) is 21.9. The van der Waals surface area contributed by atoms with Crippen molar-refractivity contribution >= 4 is 38.3 Å². The predicted molar refractivity (Wildman–Crippen MR) is 129 cm³/mol. The van der Waals surface area contributed by atoms with Crippen molar-refractivity contribution in [3.63, 3.8) is 0 Å². The lowest BCUT2D eigenvalue weighted by Gasteiger charge is -2.29. The van der Waals surface area contributed by atoms with Crippen molar-refractivity contribution in [1.29, 1.82) is 0 Å². The first-order valence-corrected chi connectivity index (χ1v) is 12.3. The lowest BCUT2D eigenvalue weighted by molar-refractivity contribution is 0.102. The number of aromatic nitrogens is 2. The molecule has 2 fully saturated rings. The van der Waals surface area contributed by atoms with Gasteiger partial charge in [-0.25, -0.2) is 9.97 Å². The van der Waals surface area contributed by atoms with Crippen molar-refractivity contribution in [3.05, 3.63) is 36.0 Å². The van der Waals surface area contributed by atoms with Crippen LogP contribution in [0, 0.1) is 0 Å². The molecule has 0 bridgehead atoms. The number of rotatable bonds is 6. The van der Waals surface area contributed by atoms with E-state index in [9.17, 15) is 4.79 Å². The van der Waals surface area contributed by atoms with E-state index in [4.69, 9.17) is 14.2 Å². The van der Waals surface area contributed by atoms with Crippen molar-refractivity contribution < 1.29 is 19.0 Å². The molecule has 33 heavy (non-hydrogen) atoms. The molecule has 1 aromatic carbocycles. The van der Waals surface area contributed by atoms with Crippen molar-refractivity contribution in [2.75, 3.05) is 43.6 Å². The van der Waals surface area contributed by atoms with Gasteiger partial charge in [0, 0.05) is 25.4 Å². The van der Waals surface area contributed by atoms with Gasteiger partial charge in [-0.05, 0) is 43.9 Å². The zero-order valence-corrected chi connectivity index (χ0v) is 19.5. The zero-order chi connectivity index (χ0) is 22.6. The first-order chi connectivity index (χ1) is 16.2. The number of carbonyl (C=O) groups is 1. The van der Waals surface area contributed by atoms with Gasteiger partial charge in [-0.1, -0.05) is 17.8 Å². The highest BCUT2D eigenvalue weighted by Crippen LogP contribution is 2.39. The SMILES string of the molecule is COc1ccc(N2CCOCC2)c2sc(NC(=O)c3ccc(OC4CCCCC4)nc3)nc12. The minimum atomic E-state index is -0.252. The van der Waals surface area contributed by atoms with Crippen LogP contribution in [-0.2, 0) is 4.74 Å². The van der Waals surface area contributed by atoms with E-state index < -0.39 is 0 Å². The maximum absolute atomic E-state index is 12.8. The van der Waals surface area contributed by atoms with E-state index in [0.29, 0.717) is 35.5 Å². The van der Waals surface area contributed by atoms with E-state index in [2.05, 4.69) is 20.2 Å². The molecule has 3 aromatic rings. The van der Waals surface area contributed by atoms with Crippen LogP contribution in [0.4, 0.5) is 10.8 Å². The molecule has 0 atom stereocenters. The summed E-state index contributed by atoms with van der Waals surface area (Å²) in [5.41, 5.74) is 2.29. The predicted octanol–water partition coefficient (Wildman–Crippen LogP) is 4.50. The molecule has 174 valence electrons. The fraction of sp³-hybridized carbons (Fsp3) is 0.458. The number of nitrogens with one attached hydrogen (secondary N) is 1. The zero-order valence-electron chi connectivity index (χ0n) is 18.7. The Morgan fingerprint density at radius 2 is 1.97 bits per heavy atom. The van der Waals surface area contributed by atoms with Gasteiger partial charge in [-0.2, -0.15) is 0 Å². The van der Waals surface area contributed by atoms with Gasteiger partial charge in [0.05, 0.1) is 36.3 Å². The number of thiazole rings is 1. The molecule has 9 heteroatoms. The second kappa shape index (κ2) is 9.93. The van der Waals surface area contributed by atoms with Crippen LogP contribution in [0.3, 0.4) is 0 Å². The number of amides is 1. The molecule has 3 heterocycles. The summed E-state index contributed by atoms with van der Waals surface area (Å²) < 4.78 is 17.9. The molecule has 0 radical (unpaired) electrons. The van der Waals surface area contributed by atoms with Gasteiger partial charge in [-0.3, -0.25) is 10.1 Å². The van der Waals surface area contributed by atoms with Crippen LogP contribution < -0.4 is 19.7 Å². The average molecular weight is 469 g/mol. The summed E-state index contributed by atoms with van der Waals surface area (Å²) >= 11 is 1.45. The number of hydrogen-bond acceptors (Lipinski definition) is 8. The summed E-state index contributed by atoms with van der Waals surface area (Å²) in [4.78, 5) is 24.1. The maximum atomic E-state index is 12.8. The van der Waals surface area contributed by atoms with Gasteiger partial charge in [0.25, 0.3) is 5.91 Å². The fourth-order valence-corrected chi connectivity index (χ4v) is 5.37. The number of hydrogen-bond donors (Lipinski definition) is 1. The van der Waals surface area contributed by atoms with E-state index in [-0.39, 0.29) is 12.0 Å². The summed E-state index contributed by atoms with van der Waals surface area (Å²) in [7, 11) is 1.63. The second-order valence-electron chi connectivity index (χ2n) is 8.30. The van der Waals surface area contributed by atoms with Crippen molar-refractivity contribution in [2.45, 2.75) is 38.2 Å². The van der Waals surface area contributed by atoms with Gasteiger partial charge in [0.2, 0.25) is 5.88 Å². The van der Waals surface area contributed by atoms with Crippen LogP contribution >= 0.6 is 11.3 Å². The Balaban J connectivity index is 1.32. The van der Waals surface area contributed by atoms with Gasteiger partial charge in [0.1, 0.15) is 17.4 Å². The number of morpholine rings is 1. The third-order valence-electron chi connectivity index (χ3n) is 6.12. The molecule has 1 amide bonds. The minimum Gasteiger partial charge on any atom is -0.494 e. The Bertz CT molecular complexity index is 1110. The normalized spacial score (nSPS) is 17.2. The summed E-state index contributed by atoms with van der Waals surface area (Å²) in [6, 6.07) is 7.48. The number of benzene rings is 1. The molecule has 2 aliphatic rings. The number of pyridine rings is 1. The monoisotopic (exact) mass is 468 g/mol. The van der Waals surface area contributed by atoms with E-state index >= 15 is 0 Å². The number of carbonyl (C=O) groups excluding carboxylic acids is 1. The number of anilines is 2. The van der Waals surface area contributed by atoms with E-state index in [1.54, 1.807) is 25.4 Å². The highest BCUT2D eigenvalue weighted by atomic mass is 32.1. The summed E-state index contributed by atoms with van der Waals surface area (Å²) in [6.45, 7) is 3.04. The van der Waals surface area contributed by atoms with Crippen LogP contribution in [0.2, 0.25) is 0 Å². The average Bonchev–Trinajstić information content (AvgIpc) is 3.28. The smallest absolute Gasteiger partial charge is 0.259 e. The van der Waals surface area contributed by atoms with Gasteiger partial charge in [0.15, 0.2) is 5.13 Å². The summed E-state index contributed by atoms with van der Waals surface area (Å²) in [5, 5.41) is 3.44. The molecule has 1 aliphatic heterocycles. The minimum absolute atomic E-state index is 0.226. The molecule has 5 rings (SSSR count). The lowest BCUT2D eigenvalue weighted by atomic mass is 9.98. The van der Waals surface area contributed by atoms with Gasteiger partial charge >= 0.3 is 0 Å². The number of ether oxygens (including phenoxy) is 3. The molecular weight excluding hydrogens is 440 g/mol. The van der Waals surface area contributed by atoms with Crippen molar-refractivity contribution in [3.8, 4) is 11.6 Å².